The summed E-state index contributed by atoms with van der Waals surface area (Å²) in [6, 6.07) is 1.80. The number of rotatable bonds is 5. The van der Waals surface area contributed by atoms with Crippen LogP contribution < -0.4 is 15.4 Å². The second kappa shape index (κ2) is 7.03. The summed E-state index contributed by atoms with van der Waals surface area (Å²) in [5, 5.41) is 8.86. The van der Waals surface area contributed by atoms with E-state index < -0.39 is 18.5 Å². The van der Waals surface area contributed by atoms with Gasteiger partial charge in [0.15, 0.2) is 0 Å². The smallest absolute Gasteiger partial charge is 0.387 e. The molecular formula is C14H15F3N4O2. The topological polar surface area (TPSA) is 68.2 Å². The van der Waals surface area contributed by atoms with E-state index in [0.29, 0.717) is 0 Å². The molecule has 6 nitrogen and oxygen atoms in total. The van der Waals surface area contributed by atoms with Crippen LogP contribution in [0.1, 0.15) is 18.5 Å². The fourth-order valence-electron chi connectivity index (χ4n) is 1.90. The Bertz CT molecular complexity index is 690. The molecule has 1 unspecified atom stereocenters. The number of benzene rings is 1. The number of aryl methyl sites for hydroxylation is 1. The Morgan fingerprint density at radius 2 is 2.13 bits per heavy atom. The number of amides is 2. The largest absolute Gasteiger partial charge is 0.433 e. The van der Waals surface area contributed by atoms with Gasteiger partial charge >= 0.3 is 12.6 Å². The molecule has 1 aromatic carbocycles. The van der Waals surface area contributed by atoms with E-state index in [1.54, 1.807) is 31.0 Å². The highest BCUT2D eigenvalue weighted by Gasteiger charge is 2.15. The second-order valence-corrected chi connectivity index (χ2v) is 4.79. The Balaban J connectivity index is 2.06. The Kier molecular flexibility index (Phi) is 5.09. The molecule has 0 spiro atoms. The zero-order valence-electron chi connectivity index (χ0n) is 12.4. The third kappa shape index (κ3) is 4.63. The molecule has 2 rings (SSSR count). The molecule has 2 N–H and O–H groups in total. The number of carbonyl (C=O) groups excluding carboxylic acids is 1. The first-order valence-electron chi connectivity index (χ1n) is 6.65. The first kappa shape index (κ1) is 16.7. The number of hydrogen-bond acceptors (Lipinski definition) is 3. The van der Waals surface area contributed by atoms with E-state index in [-0.39, 0.29) is 17.5 Å². The molecule has 0 bridgehead atoms. The quantitative estimate of drug-likeness (QED) is 0.886. The molecule has 0 radical (unpaired) electrons. The van der Waals surface area contributed by atoms with Crippen LogP contribution in [-0.4, -0.2) is 22.4 Å². The van der Waals surface area contributed by atoms with E-state index in [1.807, 2.05) is 0 Å². The number of ether oxygens (including phenoxy) is 1. The molecule has 2 amide bonds. The third-order valence-electron chi connectivity index (χ3n) is 2.98. The molecule has 1 heterocycles. The summed E-state index contributed by atoms with van der Waals surface area (Å²) < 4.78 is 43.7. The van der Waals surface area contributed by atoms with Crippen molar-refractivity contribution >= 4 is 11.7 Å². The van der Waals surface area contributed by atoms with Crippen molar-refractivity contribution < 1.29 is 22.7 Å². The van der Waals surface area contributed by atoms with Gasteiger partial charge in [-0.05, 0) is 19.1 Å². The van der Waals surface area contributed by atoms with Crippen molar-refractivity contribution in [3.8, 4) is 5.75 Å². The van der Waals surface area contributed by atoms with E-state index in [2.05, 4.69) is 20.5 Å². The summed E-state index contributed by atoms with van der Waals surface area (Å²) >= 11 is 0. The van der Waals surface area contributed by atoms with Gasteiger partial charge in [-0.15, -0.1) is 0 Å². The van der Waals surface area contributed by atoms with E-state index in [4.69, 9.17) is 0 Å². The van der Waals surface area contributed by atoms with E-state index >= 15 is 0 Å². The van der Waals surface area contributed by atoms with Gasteiger partial charge in [0, 0.05) is 24.9 Å². The highest BCUT2D eigenvalue weighted by Crippen LogP contribution is 2.27. The Morgan fingerprint density at radius 3 is 2.74 bits per heavy atom. The zero-order chi connectivity index (χ0) is 17.0. The number of alkyl halides is 2. The van der Waals surface area contributed by atoms with Crippen LogP contribution in [0.25, 0.3) is 0 Å². The predicted molar refractivity (Wildman–Crippen MR) is 76.8 cm³/mol. The summed E-state index contributed by atoms with van der Waals surface area (Å²) in [6.07, 6.45) is 3.30. The Hall–Kier alpha value is -2.71. The maximum absolute atomic E-state index is 13.2. The lowest BCUT2D eigenvalue weighted by Gasteiger charge is -2.15. The van der Waals surface area contributed by atoms with Crippen molar-refractivity contribution in [1.29, 1.82) is 0 Å². The van der Waals surface area contributed by atoms with Gasteiger partial charge < -0.3 is 15.4 Å². The van der Waals surface area contributed by atoms with Gasteiger partial charge in [0.1, 0.15) is 11.6 Å². The summed E-state index contributed by atoms with van der Waals surface area (Å²) in [6.45, 7) is -1.36. The van der Waals surface area contributed by atoms with Crippen LogP contribution in [0.15, 0.2) is 30.6 Å². The Labute approximate surface area is 130 Å². The molecule has 0 aliphatic rings. The second-order valence-electron chi connectivity index (χ2n) is 4.79. The Morgan fingerprint density at radius 1 is 1.39 bits per heavy atom. The van der Waals surface area contributed by atoms with Crippen molar-refractivity contribution in [2.75, 3.05) is 5.32 Å². The molecule has 124 valence electrons. The fourth-order valence-corrected chi connectivity index (χ4v) is 1.90. The number of hydrogen-bond donors (Lipinski definition) is 2. The molecule has 0 saturated heterocycles. The van der Waals surface area contributed by atoms with Gasteiger partial charge in [0.25, 0.3) is 0 Å². The molecular weight excluding hydrogens is 313 g/mol. The van der Waals surface area contributed by atoms with Gasteiger partial charge in [0.05, 0.1) is 17.9 Å². The van der Waals surface area contributed by atoms with E-state index in [9.17, 15) is 18.0 Å². The van der Waals surface area contributed by atoms with Crippen molar-refractivity contribution in [1.82, 2.24) is 15.1 Å². The molecule has 0 aliphatic heterocycles. The molecule has 2 aromatic rings. The standard InChI is InChI=1S/C14H15F3N4O2/c1-8(9-6-18-21(2)7-9)19-14(22)20-11-5-10(15)3-4-12(11)23-13(16)17/h3-8,13H,1-2H3,(H2,19,20,22). The number of anilines is 1. The maximum Gasteiger partial charge on any atom is 0.387 e. The monoisotopic (exact) mass is 328 g/mol. The van der Waals surface area contributed by atoms with Crippen LogP contribution in [0.3, 0.4) is 0 Å². The lowest BCUT2D eigenvalue weighted by molar-refractivity contribution is -0.0494. The lowest BCUT2D eigenvalue weighted by atomic mass is 10.2. The number of nitrogens with one attached hydrogen (secondary N) is 2. The number of urea groups is 1. The number of aromatic nitrogens is 2. The van der Waals surface area contributed by atoms with Gasteiger partial charge in [-0.1, -0.05) is 0 Å². The predicted octanol–water partition coefficient (Wildman–Crippen LogP) is 3.04. The van der Waals surface area contributed by atoms with Crippen LogP contribution in [0.5, 0.6) is 5.75 Å². The molecule has 0 saturated carbocycles. The summed E-state index contributed by atoms with van der Waals surface area (Å²) in [7, 11) is 1.73. The molecule has 0 aliphatic carbocycles. The number of halogens is 3. The van der Waals surface area contributed by atoms with Gasteiger partial charge in [0.2, 0.25) is 0 Å². The molecule has 9 heteroatoms. The SMILES string of the molecule is CC(NC(=O)Nc1cc(F)ccc1OC(F)F)c1cnn(C)c1. The molecule has 1 atom stereocenters. The minimum absolute atomic E-state index is 0.193. The van der Waals surface area contributed by atoms with Crippen molar-refractivity contribution in [2.24, 2.45) is 7.05 Å². The van der Waals surface area contributed by atoms with Gasteiger partial charge in [-0.3, -0.25) is 4.68 Å². The zero-order valence-corrected chi connectivity index (χ0v) is 12.4. The van der Waals surface area contributed by atoms with Crippen molar-refractivity contribution in [2.45, 2.75) is 19.6 Å². The van der Waals surface area contributed by atoms with Crippen LogP contribution in [-0.2, 0) is 7.05 Å². The molecule has 1 aromatic heterocycles. The highest BCUT2D eigenvalue weighted by molar-refractivity contribution is 5.91. The van der Waals surface area contributed by atoms with Crippen LogP contribution in [0.4, 0.5) is 23.7 Å². The van der Waals surface area contributed by atoms with Crippen molar-refractivity contribution in [3.63, 3.8) is 0 Å². The summed E-state index contributed by atoms with van der Waals surface area (Å²) in [5.41, 5.74) is 0.562. The first-order valence-corrected chi connectivity index (χ1v) is 6.65. The summed E-state index contributed by atoms with van der Waals surface area (Å²) in [4.78, 5) is 11.9. The lowest BCUT2D eigenvalue weighted by Crippen LogP contribution is -2.31. The molecule has 0 fully saturated rings. The summed E-state index contributed by atoms with van der Waals surface area (Å²) in [5.74, 6) is -1.02. The van der Waals surface area contributed by atoms with Crippen LogP contribution >= 0.6 is 0 Å². The minimum Gasteiger partial charge on any atom is -0.433 e. The van der Waals surface area contributed by atoms with Crippen molar-refractivity contribution in [3.05, 3.63) is 42.0 Å². The van der Waals surface area contributed by atoms with E-state index in [0.717, 1.165) is 23.8 Å². The maximum atomic E-state index is 13.2. The minimum atomic E-state index is -3.08. The number of nitrogens with zero attached hydrogens (tertiary/aromatic N) is 2. The van der Waals surface area contributed by atoms with Crippen LogP contribution in [0, 0.1) is 5.82 Å². The molecule has 23 heavy (non-hydrogen) atoms. The first-order chi connectivity index (χ1) is 10.8. The van der Waals surface area contributed by atoms with Crippen LogP contribution in [0.2, 0.25) is 0 Å². The van der Waals surface area contributed by atoms with Gasteiger partial charge in [-0.25, -0.2) is 9.18 Å². The van der Waals surface area contributed by atoms with Gasteiger partial charge in [-0.2, -0.15) is 13.9 Å². The third-order valence-corrected chi connectivity index (χ3v) is 2.98. The average Bonchev–Trinajstić information content (AvgIpc) is 2.88. The highest BCUT2D eigenvalue weighted by atomic mass is 19.3. The number of carbonyl (C=O) groups is 1. The fraction of sp³-hybridized carbons (Fsp3) is 0.286. The van der Waals surface area contributed by atoms with E-state index in [1.165, 1.54) is 0 Å². The normalized spacial score (nSPS) is 12.1. The average molecular weight is 328 g/mol.